The van der Waals surface area contributed by atoms with Crippen LogP contribution in [-0.2, 0) is 13.1 Å². The first-order valence-electron chi connectivity index (χ1n) is 5.56. The summed E-state index contributed by atoms with van der Waals surface area (Å²) in [5.74, 6) is 0.465. The topological polar surface area (TPSA) is 37.8 Å². The predicted octanol–water partition coefficient (Wildman–Crippen LogP) is 2.19. The molecule has 1 aliphatic rings. The van der Waals surface area contributed by atoms with Gasteiger partial charge in [-0.05, 0) is 30.7 Å². The number of nitrogens with zero attached hydrogens (tertiary/aromatic N) is 2. The fourth-order valence-corrected chi connectivity index (χ4v) is 1.98. The first kappa shape index (κ1) is 10.4. The smallest absolute Gasteiger partial charge is 0.159 e. The molecule has 0 radical (unpaired) electrons. The summed E-state index contributed by atoms with van der Waals surface area (Å²) in [6.07, 6.45) is 1.84. The van der Waals surface area contributed by atoms with Gasteiger partial charge < -0.3 is 5.32 Å². The number of benzene rings is 1. The van der Waals surface area contributed by atoms with E-state index in [9.17, 15) is 4.39 Å². The second-order valence-electron chi connectivity index (χ2n) is 4.23. The van der Waals surface area contributed by atoms with E-state index in [1.807, 2.05) is 6.20 Å². The fraction of sp³-hybridized carbons (Fsp3) is 0.231. The van der Waals surface area contributed by atoms with Gasteiger partial charge in [0, 0.05) is 30.4 Å². The molecule has 1 N–H and O–H groups in total. The molecular formula is C13H12FN3. The second-order valence-corrected chi connectivity index (χ2v) is 4.23. The molecule has 1 aromatic heterocycles. The summed E-state index contributed by atoms with van der Waals surface area (Å²) in [7, 11) is 0. The van der Waals surface area contributed by atoms with Crippen molar-refractivity contribution in [3.63, 3.8) is 0 Å². The molecule has 0 amide bonds. The van der Waals surface area contributed by atoms with E-state index in [1.54, 1.807) is 19.1 Å². The van der Waals surface area contributed by atoms with Gasteiger partial charge in [-0.2, -0.15) is 0 Å². The van der Waals surface area contributed by atoms with Crippen LogP contribution in [0.3, 0.4) is 0 Å². The quantitative estimate of drug-likeness (QED) is 0.814. The largest absolute Gasteiger partial charge is 0.307 e. The molecule has 3 nitrogen and oxygen atoms in total. The molecule has 86 valence electrons. The van der Waals surface area contributed by atoms with Gasteiger partial charge in [0.2, 0.25) is 0 Å². The molecule has 3 rings (SSSR count). The van der Waals surface area contributed by atoms with Crippen LogP contribution in [0.25, 0.3) is 11.4 Å². The van der Waals surface area contributed by atoms with Crippen LogP contribution in [0.15, 0.2) is 24.4 Å². The third-order valence-electron chi connectivity index (χ3n) is 2.98. The first-order valence-corrected chi connectivity index (χ1v) is 5.56. The standard InChI is InChI=1S/C13H12FN3/c1-8-4-9(2-3-11(8)14)13-16-6-10-5-15-7-12(10)17-13/h2-4,6,15H,5,7H2,1H3. The Kier molecular flexibility index (Phi) is 2.37. The highest BCUT2D eigenvalue weighted by Gasteiger charge is 2.13. The molecule has 0 saturated heterocycles. The van der Waals surface area contributed by atoms with Crippen LogP contribution in [0, 0.1) is 12.7 Å². The van der Waals surface area contributed by atoms with Crippen molar-refractivity contribution in [3.05, 3.63) is 47.0 Å². The lowest BCUT2D eigenvalue weighted by Gasteiger charge is -2.04. The highest BCUT2D eigenvalue weighted by Crippen LogP contribution is 2.20. The van der Waals surface area contributed by atoms with E-state index < -0.39 is 0 Å². The zero-order valence-electron chi connectivity index (χ0n) is 9.50. The Bertz CT molecular complexity index is 581. The molecule has 0 fully saturated rings. The van der Waals surface area contributed by atoms with Gasteiger partial charge in [0.25, 0.3) is 0 Å². The van der Waals surface area contributed by atoms with Gasteiger partial charge in [-0.3, -0.25) is 0 Å². The number of hydrogen-bond acceptors (Lipinski definition) is 3. The van der Waals surface area contributed by atoms with Gasteiger partial charge >= 0.3 is 0 Å². The lowest BCUT2D eigenvalue weighted by atomic mass is 10.1. The van der Waals surface area contributed by atoms with Crippen LogP contribution in [0.4, 0.5) is 4.39 Å². The van der Waals surface area contributed by atoms with Crippen molar-refractivity contribution >= 4 is 0 Å². The Morgan fingerprint density at radius 1 is 1.29 bits per heavy atom. The molecule has 0 bridgehead atoms. The average Bonchev–Trinajstić information content (AvgIpc) is 2.79. The molecule has 1 aliphatic heterocycles. The third-order valence-corrected chi connectivity index (χ3v) is 2.98. The van der Waals surface area contributed by atoms with Crippen molar-refractivity contribution in [3.8, 4) is 11.4 Å². The number of nitrogens with one attached hydrogen (secondary N) is 1. The van der Waals surface area contributed by atoms with Crippen molar-refractivity contribution < 1.29 is 4.39 Å². The minimum atomic E-state index is -0.198. The van der Waals surface area contributed by atoms with Gasteiger partial charge in [0.05, 0.1) is 5.69 Å². The van der Waals surface area contributed by atoms with Gasteiger partial charge in [-0.1, -0.05) is 0 Å². The van der Waals surface area contributed by atoms with E-state index in [1.165, 1.54) is 6.07 Å². The number of fused-ring (bicyclic) bond motifs is 1. The van der Waals surface area contributed by atoms with Crippen LogP contribution in [-0.4, -0.2) is 9.97 Å². The monoisotopic (exact) mass is 229 g/mol. The van der Waals surface area contributed by atoms with E-state index in [0.717, 1.165) is 29.9 Å². The first-order chi connectivity index (χ1) is 8.24. The fourth-order valence-electron chi connectivity index (χ4n) is 1.98. The van der Waals surface area contributed by atoms with E-state index in [-0.39, 0.29) is 5.82 Å². The maximum atomic E-state index is 13.2. The van der Waals surface area contributed by atoms with Crippen molar-refractivity contribution in [1.29, 1.82) is 0 Å². The van der Waals surface area contributed by atoms with Crippen LogP contribution in [0.2, 0.25) is 0 Å². The number of rotatable bonds is 1. The van der Waals surface area contributed by atoms with Gasteiger partial charge in [-0.15, -0.1) is 0 Å². The van der Waals surface area contributed by atoms with Crippen LogP contribution in [0.5, 0.6) is 0 Å². The Hall–Kier alpha value is -1.81. The van der Waals surface area contributed by atoms with Crippen LogP contribution < -0.4 is 5.32 Å². The summed E-state index contributed by atoms with van der Waals surface area (Å²) >= 11 is 0. The van der Waals surface area contributed by atoms with Gasteiger partial charge in [0.1, 0.15) is 5.82 Å². The Morgan fingerprint density at radius 3 is 3.00 bits per heavy atom. The van der Waals surface area contributed by atoms with E-state index in [0.29, 0.717) is 11.4 Å². The lowest BCUT2D eigenvalue weighted by Crippen LogP contribution is -2.00. The molecule has 0 unspecified atom stereocenters. The van der Waals surface area contributed by atoms with Crippen molar-refractivity contribution in [1.82, 2.24) is 15.3 Å². The zero-order chi connectivity index (χ0) is 11.8. The molecule has 0 spiro atoms. The molecule has 4 heteroatoms. The minimum absolute atomic E-state index is 0.198. The summed E-state index contributed by atoms with van der Waals surface area (Å²) in [6, 6.07) is 4.95. The Morgan fingerprint density at radius 2 is 2.18 bits per heavy atom. The minimum Gasteiger partial charge on any atom is -0.307 e. The summed E-state index contributed by atoms with van der Waals surface area (Å²) in [4.78, 5) is 8.82. The molecule has 17 heavy (non-hydrogen) atoms. The number of hydrogen-bond donors (Lipinski definition) is 1. The van der Waals surface area contributed by atoms with Crippen molar-refractivity contribution in [2.75, 3.05) is 0 Å². The summed E-state index contributed by atoms with van der Waals surface area (Å²) in [6.45, 7) is 3.36. The third kappa shape index (κ3) is 1.80. The number of aryl methyl sites for hydroxylation is 1. The maximum absolute atomic E-state index is 13.2. The SMILES string of the molecule is Cc1cc(-c2ncc3c(n2)CNC3)ccc1F. The van der Waals surface area contributed by atoms with Crippen molar-refractivity contribution in [2.45, 2.75) is 20.0 Å². The predicted molar refractivity (Wildman–Crippen MR) is 62.7 cm³/mol. The molecule has 2 heterocycles. The molecule has 0 saturated carbocycles. The molecule has 0 atom stereocenters. The second kappa shape index (κ2) is 3.89. The highest BCUT2D eigenvalue weighted by molar-refractivity contribution is 5.56. The Balaban J connectivity index is 2.06. The normalized spacial score (nSPS) is 13.8. The number of aromatic nitrogens is 2. The summed E-state index contributed by atoms with van der Waals surface area (Å²) < 4.78 is 13.2. The van der Waals surface area contributed by atoms with E-state index in [2.05, 4.69) is 15.3 Å². The van der Waals surface area contributed by atoms with E-state index in [4.69, 9.17) is 0 Å². The highest BCUT2D eigenvalue weighted by atomic mass is 19.1. The Labute approximate surface area is 98.7 Å². The average molecular weight is 229 g/mol. The van der Waals surface area contributed by atoms with Gasteiger partial charge in [0.15, 0.2) is 5.82 Å². The lowest BCUT2D eigenvalue weighted by molar-refractivity contribution is 0.618. The molecular weight excluding hydrogens is 217 g/mol. The zero-order valence-corrected chi connectivity index (χ0v) is 9.50. The van der Waals surface area contributed by atoms with Gasteiger partial charge in [-0.25, -0.2) is 14.4 Å². The number of halogens is 1. The summed E-state index contributed by atoms with van der Waals surface area (Å²) in [5, 5.41) is 3.22. The van der Waals surface area contributed by atoms with Crippen molar-refractivity contribution in [2.24, 2.45) is 0 Å². The molecule has 0 aliphatic carbocycles. The maximum Gasteiger partial charge on any atom is 0.159 e. The molecule has 1 aromatic carbocycles. The van der Waals surface area contributed by atoms with Crippen LogP contribution >= 0.6 is 0 Å². The van der Waals surface area contributed by atoms with Crippen LogP contribution in [0.1, 0.15) is 16.8 Å². The molecule has 2 aromatic rings. The van der Waals surface area contributed by atoms with E-state index >= 15 is 0 Å². The summed E-state index contributed by atoms with van der Waals surface area (Å²) in [5.41, 5.74) is 3.66.